The van der Waals surface area contributed by atoms with E-state index in [1.54, 1.807) is 17.1 Å². The Hall–Kier alpha value is -2.67. The number of carbonyl (C=O) groups is 1. The van der Waals surface area contributed by atoms with Crippen molar-refractivity contribution in [3.05, 3.63) is 46.1 Å². The molecule has 0 aliphatic rings. The van der Waals surface area contributed by atoms with Crippen molar-refractivity contribution in [2.75, 3.05) is 0 Å². The van der Waals surface area contributed by atoms with E-state index in [0.717, 1.165) is 11.2 Å². The third kappa shape index (κ3) is 2.83. The highest BCUT2D eigenvalue weighted by molar-refractivity contribution is 5.88. The second kappa shape index (κ2) is 6.21. The summed E-state index contributed by atoms with van der Waals surface area (Å²) in [6.07, 6.45) is 3.90. The van der Waals surface area contributed by atoms with Crippen LogP contribution < -0.4 is 5.56 Å². The molecule has 3 aromatic heterocycles. The first-order valence-corrected chi connectivity index (χ1v) is 6.78. The van der Waals surface area contributed by atoms with E-state index in [1.807, 2.05) is 20.0 Å². The molecule has 0 bridgehead atoms. The number of aromatic nitrogens is 4. The summed E-state index contributed by atoms with van der Waals surface area (Å²) in [5.41, 5.74) is 2.61. The van der Waals surface area contributed by atoms with Gasteiger partial charge in [0.15, 0.2) is 5.65 Å². The van der Waals surface area contributed by atoms with Crippen LogP contribution in [0.3, 0.4) is 0 Å². The Kier molecular flexibility index (Phi) is 4.51. The highest BCUT2D eigenvalue weighted by Crippen LogP contribution is 2.23. The number of carboxylic acids is 1. The maximum atomic E-state index is 11.9. The van der Waals surface area contributed by atoms with Crippen LogP contribution in [0.1, 0.15) is 22.8 Å². The van der Waals surface area contributed by atoms with E-state index < -0.39 is 11.5 Å². The number of hydrogen-bond acceptors (Lipinski definition) is 4. The first-order valence-electron chi connectivity index (χ1n) is 6.78. The smallest absolute Gasteiger partial charge is 0.341 e. The van der Waals surface area contributed by atoms with Crippen LogP contribution in [0.4, 0.5) is 0 Å². The van der Waals surface area contributed by atoms with E-state index in [4.69, 9.17) is 5.11 Å². The van der Waals surface area contributed by atoms with Gasteiger partial charge in [-0.25, -0.2) is 14.8 Å². The number of nitrogens with one attached hydrogen (secondary N) is 1. The normalized spacial score (nSPS) is 10.5. The van der Waals surface area contributed by atoms with Crippen molar-refractivity contribution in [2.24, 2.45) is 7.05 Å². The van der Waals surface area contributed by atoms with Gasteiger partial charge in [-0.3, -0.25) is 4.79 Å². The highest BCUT2D eigenvalue weighted by Gasteiger charge is 2.15. The van der Waals surface area contributed by atoms with Crippen LogP contribution in [0.2, 0.25) is 0 Å². The van der Waals surface area contributed by atoms with Crippen LogP contribution in [-0.2, 0) is 13.5 Å². The fourth-order valence-electron chi connectivity index (χ4n) is 2.42. The summed E-state index contributed by atoms with van der Waals surface area (Å²) in [6, 6.07) is 3.24. The van der Waals surface area contributed by atoms with Gasteiger partial charge >= 0.3 is 5.97 Å². The SMILES string of the molecule is CCc1cc(C(=O)O)c(=O)[nH]c1-c1cnc2c(c1)ncn2C.Cl. The Morgan fingerprint density at radius 2 is 2.09 bits per heavy atom. The van der Waals surface area contributed by atoms with E-state index in [2.05, 4.69) is 15.0 Å². The number of hydrogen-bond donors (Lipinski definition) is 2. The summed E-state index contributed by atoms with van der Waals surface area (Å²) < 4.78 is 1.80. The molecule has 3 aromatic rings. The molecule has 0 amide bonds. The predicted molar refractivity (Wildman–Crippen MR) is 88.2 cm³/mol. The molecule has 0 unspecified atom stereocenters. The largest absolute Gasteiger partial charge is 0.477 e. The molecule has 0 fully saturated rings. The fraction of sp³-hybridized carbons (Fsp3) is 0.200. The van der Waals surface area contributed by atoms with Gasteiger partial charge in [-0.1, -0.05) is 6.92 Å². The molecule has 0 aromatic carbocycles. The van der Waals surface area contributed by atoms with Gasteiger partial charge in [0, 0.05) is 18.8 Å². The summed E-state index contributed by atoms with van der Waals surface area (Å²) in [4.78, 5) is 34.2. The number of nitrogens with zero attached hydrogens (tertiary/aromatic N) is 3. The molecule has 0 atom stereocenters. The zero-order chi connectivity index (χ0) is 15.9. The lowest BCUT2D eigenvalue weighted by molar-refractivity contribution is 0.0695. The summed E-state index contributed by atoms with van der Waals surface area (Å²) in [5.74, 6) is -1.24. The summed E-state index contributed by atoms with van der Waals surface area (Å²) in [5, 5.41) is 9.05. The zero-order valence-corrected chi connectivity index (χ0v) is 13.3. The van der Waals surface area contributed by atoms with Crippen LogP contribution in [0.5, 0.6) is 0 Å². The maximum Gasteiger partial charge on any atom is 0.341 e. The van der Waals surface area contributed by atoms with Crippen molar-refractivity contribution in [3.63, 3.8) is 0 Å². The average Bonchev–Trinajstić information content (AvgIpc) is 2.87. The Morgan fingerprint density at radius 1 is 1.35 bits per heavy atom. The standard InChI is InChI=1S/C15H14N4O3.ClH/c1-3-8-4-10(15(21)22)14(20)18-12(8)9-5-11-13(16-6-9)19(2)7-17-11;/h4-7H,3H2,1-2H3,(H,18,20)(H,21,22);1H. The van der Waals surface area contributed by atoms with E-state index in [0.29, 0.717) is 23.2 Å². The Balaban J connectivity index is 0.00000192. The number of halogens is 1. The van der Waals surface area contributed by atoms with Crippen LogP contribution in [-0.4, -0.2) is 30.6 Å². The Bertz CT molecular complexity index is 946. The Labute approximate surface area is 137 Å². The van der Waals surface area contributed by atoms with Gasteiger partial charge in [0.2, 0.25) is 0 Å². The van der Waals surface area contributed by atoms with Crippen molar-refractivity contribution in [3.8, 4) is 11.3 Å². The summed E-state index contributed by atoms with van der Waals surface area (Å²) >= 11 is 0. The first-order chi connectivity index (χ1) is 10.5. The minimum atomic E-state index is -1.24. The topological polar surface area (TPSA) is 101 Å². The molecule has 0 aliphatic heterocycles. The van der Waals surface area contributed by atoms with Gasteiger partial charge in [0.05, 0.1) is 12.0 Å². The van der Waals surface area contributed by atoms with Gasteiger partial charge in [0.25, 0.3) is 5.56 Å². The number of carboxylic acid groups (broad SMARTS) is 1. The second-order valence-corrected chi connectivity index (χ2v) is 4.99. The minimum absolute atomic E-state index is 0. The summed E-state index contributed by atoms with van der Waals surface area (Å²) in [6.45, 7) is 1.90. The molecule has 0 spiro atoms. The molecule has 23 heavy (non-hydrogen) atoms. The van der Waals surface area contributed by atoms with Crippen LogP contribution in [0.15, 0.2) is 29.5 Å². The van der Waals surface area contributed by atoms with E-state index >= 15 is 0 Å². The van der Waals surface area contributed by atoms with Gasteiger partial charge in [-0.05, 0) is 24.1 Å². The number of imidazole rings is 1. The van der Waals surface area contributed by atoms with Crippen molar-refractivity contribution in [1.82, 2.24) is 19.5 Å². The van der Waals surface area contributed by atoms with E-state index in [1.165, 1.54) is 6.07 Å². The molecule has 0 radical (unpaired) electrons. The number of H-pyrrole nitrogens is 1. The highest BCUT2D eigenvalue weighted by atomic mass is 35.5. The van der Waals surface area contributed by atoms with Crippen molar-refractivity contribution < 1.29 is 9.90 Å². The lowest BCUT2D eigenvalue weighted by Gasteiger charge is -2.09. The van der Waals surface area contributed by atoms with Gasteiger partial charge < -0.3 is 14.7 Å². The molecular weight excluding hydrogens is 320 g/mol. The maximum absolute atomic E-state index is 11.9. The Morgan fingerprint density at radius 3 is 2.74 bits per heavy atom. The first kappa shape index (κ1) is 16.7. The molecule has 0 aliphatic carbocycles. The third-order valence-electron chi connectivity index (χ3n) is 3.57. The minimum Gasteiger partial charge on any atom is -0.477 e. The zero-order valence-electron chi connectivity index (χ0n) is 12.5. The van der Waals surface area contributed by atoms with Crippen molar-refractivity contribution >= 4 is 29.5 Å². The second-order valence-electron chi connectivity index (χ2n) is 4.99. The lowest BCUT2D eigenvalue weighted by Crippen LogP contribution is -2.19. The number of pyridine rings is 2. The number of aromatic amines is 1. The van der Waals surface area contributed by atoms with E-state index in [-0.39, 0.29) is 18.0 Å². The number of rotatable bonds is 3. The molecular formula is C15H15ClN4O3. The van der Waals surface area contributed by atoms with Gasteiger partial charge in [-0.2, -0.15) is 0 Å². The van der Waals surface area contributed by atoms with E-state index in [9.17, 15) is 9.59 Å². The van der Waals surface area contributed by atoms with Crippen LogP contribution in [0.25, 0.3) is 22.4 Å². The molecule has 3 rings (SSSR count). The molecule has 8 heteroatoms. The molecule has 0 saturated heterocycles. The predicted octanol–water partition coefficient (Wildman–Crippen LogP) is 2.01. The van der Waals surface area contributed by atoms with Gasteiger partial charge in [-0.15, -0.1) is 12.4 Å². The molecule has 120 valence electrons. The lowest BCUT2D eigenvalue weighted by atomic mass is 10.0. The molecule has 0 saturated carbocycles. The number of aryl methyl sites for hydroxylation is 2. The van der Waals surface area contributed by atoms with Gasteiger partial charge in [0.1, 0.15) is 11.1 Å². The van der Waals surface area contributed by atoms with Crippen LogP contribution in [0, 0.1) is 0 Å². The van der Waals surface area contributed by atoms with Crippen molar-refractivity contribution in [2.45, 2.75) is 13.3 Å². The van der Waals surface area contributed by atoms with Crippen molar-refractivity contribution in [1.29, 1.82) is 0 Å². The van der Waals surface area contributed by atoms with Crippen LogP contribution >= 0.6 is 12.4 Å². The average molecular weight is 335 g/mol. The third-order valence-corrected chi connectivity index (χ3v) is 3.57. The molecule has 7 nitrogen and oxygen atoms in total. The fourth-order valence-corrected chi connectivity index (χ4v) is 2.42. The quantitative estimate of drug-likeness (QED) is 0.763. The monoisotopic (exact) mass is 334 g/mol. The summed E-state index contributed by atoms with van der Waals surface area (Å²) in [7, 11) is 1.85. The number of fused-ring (bicyclic) bond motifs is 1. The molecule has 2 N–H and O–H groups in total. The number of aromatic carboxylic acids is 1. The molecule has 3 heterocycles.